The van der Waals surface area contributed by atoms with E-state index in [1.54, 1.807) is 0 Å². The number of benzene rings is 1. The Morgan fingerprint density at radius 2 is 2.25 bits per heavy atom. The molecule has 1 unspecified atom stereocenters. The van der Waals surface area contributed by atoms with Gasteiger partial charge in [0.2, 0.25) is 11.8 Å². The summed E-state index contributed by atoms with van der Waals surface area (Å²) in [5.74, 6) is -1.25. The van der Waals surface area contributed by atoms with Gasteiger partial charge >= 0.3 is 0 Å². The average molecular weight is 279 g/mol. The second-order valence-electron chi connectivity index (χ2n) is 4.42. The average Bonchev–Trinajstić information content (AvgIpc) is 2.80. The molecule has 1 heterocycles. The fourth-order valence-corrected chi connectivity index (χ4v) is 2.14. The molecule has 2 amide bonds. The molecule has 2 N–H and O–H groups in total. The second kappa shape index (κ2) is 5.16. The van der Waals surface area contributed by atoms with Crippen LogP contribution in [-0.4, -0.2) is 30.4 Å². The van der Waals surface area contributed by atoms with Crippen molar-refractivity contribution in [2.24, 2.45) is 11.7 Å². The summed E-state index contributed by atoms with van der Waals surface area (Å²) in [7, 11) is 1.39. The Morgan fingerprint density at radius 1 is 1.55 bits per heavy atom. The van der Waals surface area contributed by atoms with E-state index in [4.69, 9.17) is 10.5 Å². The third-order valence-corrected chi connectivity index (χ3v) is 3.20. The van der Waals surface area contributed by atoms with Crippen molar-refractivity contribution in [2.45, 2.75) is 6.42 Å². The van der Waals surface area contributed by atoms with E-state index in [2.05, 4.69) is 0 Å². The fraction of sp³-hybridized carbons (Fsp3) is 0.333. The summed E-state index contributed by atoms with van der Waals surface area (Å²) in [5.41, 5.74) is 5.07. The zero-order valence-corrected chi connectivity index (χ0v) is 10.7. The molecular formula is C12H13N3O5. The number of amides is 2. The van der Waals surface area contributed by atoms with Crippen molar-refractivity contribution in [1.82, 2.24) is 0 Å². The number of carbonyl (C=O) groups excluding carboxylic acids is 2. The number of nitro benzene ring substituents is 1. The Bertz CT molecular complexity index is 586. The lowest BCUT2D eigenvalue weighted by Crippen LogP contribution is -2.28. The van der Waals surface area contributed by atoms with Crippen molar-refractivity contribution in [3.63, 3.8) is 0 Å². The van der Waals surface area contributed by atoms with Gasteiger partial charge in [-0.25, -0.2) is 0 Å². The van der Waals surface area contributed by atoms with E-state index in [0.29, 0.717) is 5.75 Å². The largest absolute Gasteiger partial charge is 0.496 e. The van der Waals surface area contributed by atoms with E-state index in [0.717, 1.165) is 0 Å². The highest BCUT2D eigenvalue weighted by Crippen LogP contribution is 2.35. The molecule has 0 aromatic heterocycles. The second-order valence-corrected chi connectivity index (χ2v) is 4.42. The molecule has 0 bridgehead atoms. The van der Waals surface area contributed by atoms with E-state index in [9.17, 15) is 19.7 Å². The molecule has 0 saturated carbocycles. The maximum atomic E-state index is 11.9. The maximum Gasteiger partial charge on any atom is 0.296 e. The van der Waals surface area contributed by atoms with Crippen LogP contribution < -0.4 is 15.4 Å². The number of hydrogen-bond acceptors (Lipinski definition) is 5. The highest BCUT2D eigenvalue weighted by Gasteiger charge is 2.36. The number of nitrogens with two attached hydrogens (primary N) is 1. The first-order valence-electron chi connectivity index (χ1n) is 5.86. The van der Waals surface area contributed by atoms with Crippen LogP contribution >= 0.6 is 0 Å². The van der Waals surface area contributed by atoms with Crippen LogP contribution in [0.1, 0.15) is 6.42 Å². The molecule has 1 atom stereocenters. The normalized spacial score (nSPS) is 18.1. The van der Waals surface area contributed by atoms with E-state index in [1.165, 1.54) is 30.2 Å². The van der Waals surface area contributed by atoms with Crippen molar-refractivity contribution in [2.75, 3.05) is 18.6 Å². The summed E-state index contributed by atoms with van der Waals surface area (Å²) < 4.78 is 4.93. The molecule has 1 aromatic carbocycles. The van der Waals surface area contributed by atoms with Gasteiger partial charge in [-0.1, -0.05) is 0 Å². The van der Waals surface area contributed by atoms with E-state index >= 15 is 0 Å². The predicted molar refractivity (Wildman–Crippen MR) is 69.3 cm³/mol. The van der Waals surface area contributed by atoms with Crippen molar-refractivity contribution < 1.29 is 19.2 Å². The van der Waals surface area contributed by atoms with Crippen molar-refractivity contribution in [3.05, 3.63) is 28.3 Å². The third kappa shape index (κ3) is 2.40. The predicted octanol–water partition coefficient (Wildman–Crippen LogP) is 0.442. The summed E-state index contributed by atoms with van der Waals surface area (Å²) >= 11 is 0. The zero-order chi connectivity index (χ0) is 14.9. The van der Waals surface area contributed by atoms with Gasteiger partial charge in [0.05, 0.1) is 24.0 Å². The van der Waals surface area contributed by atoms with E-state index in [-0.39, 0.29) is 30.2 Å². The standard InChI is InChI=1S/C12H13N3O5/c1-20-8-2-3-9(10(5-8)15(18)19)14-6-7(12(13)17)4-11(14)16/h2-3,5,7H,4,6H2,1H3,(H2,13,17). The summed E-state index contributed by atoms with van der Waals surface area (Å²) in [4.78, 5) is 34.7. The highest BCUT2D eigenvalue weighted by molar-refractivity contribution is 6.01. The molecule has 8 heteroatoms. The highest BCUT2D eigenvalue weighted by atomic mass is 16.6. The Kier molecular flexibility index (Phi) is 3.55. The number of hydrogen-bond donors (Lipinski definition) is 1. The number of anilines is 1. The first-order valence-corrected chi connectivity index (χ1v) is 5.86. The molecular weight excluding hydrogens is 266 g/mol. The monoisotopic (exact) mass is 279 g/mol. The maximum absolute atomic E-state index is 11.9. The van der Waals surface area contributed by atoms with Crippen LogP contribution in [0.25, 0.3) is 0 Å². The molecule has 1 aliphatic rings. The zero-order valence-electron chi connectivity index (χ0n) is 10.7. The van der Waals surface area contributed by atoms with Gasteiger partial charge in [-0.3, -0.25) is 19.7 Å². The van der Waals surface area contributed by atoms with Crippen LogP contribution in [0.5, 0.6) is 5.75 Å². The van der Waals surface area contributed by atoms with Gasteiger partial charge in [-0.15, -0.1) is 0 Å². The lowest BCUT2D eigenvalue weighted by molar-refractivity contribution is -0.384. The minimum absolute atomic E-state index is 0.0292. The SMILES string of the molecule is COc1ccc(N2CC(C(N)=O)CC2=O)c([N+](=O)[O-])c1. The van der Waals surface area contributed by atoms with Crippen LogP contribution in [0.4, 0.5) is 11.4 Å². The van der Waals surface area contributed by atoms with Gasteiger partial charge in [0.25, 0.3) is 5.69 Å². The summed E-state index contributed by atoms with van der Waals surface area (Å²) in [6, 6.07) is 4.19. The number of rotatable bonds is 4. The Labute approximate surface area is 114 Å². The number of methoxy groups -OCH3 is 1. The molecule has 1 aliphatic heterocycles. The first-order chi connectivity index (χ1) is 9.43. The minimum Gasteiger partial charge on any atom is -0.496 e. The Morgan fingerprint density at radius 3 is 2.75 bits per heavy atom. The van der Waals surface area contributed by atoms with Crippen LogP contribution in [-0.2, 0) is 9.59 Å². The number of ether oxygens (including phenoxy) is 1. The molecule has 0 aliphatic carbocycles. The number of carbonyl (C=O) groups is 2. The molecule has 0 radical (unpaired) electrons. The molecule has 1 aromatic rings. The van der Waals surface area contributed by atoms with Crippen molar-refractivity contribution in [3.8, 4) is 5.75 Å². The molecule has 0 spiro atoms. The van der Waals surface area contributed by atoms with Gasteiger partial charge in [0.15, 0.2) is 0 Å². The fourth-order valence-electron chi connectivity index (χ4n) is 2.14. The molecule has 106 valence electrons. The van der Waals surface area contributed by atoms with Gasteiger partial charge in [-0.05, 0) is 12.1 Å². The minimum atomic E-state index is -0.621. The molecule has 20 heavy (non-hydrogen) atoms. The van der Waals surface area contributed by atoms with Gasteiger partial charge in [0, 0.05) is 13.0 Å². The molecule has 1 saturated heterocycles. The van der Waals surface area contributed by atoms with Crippen LogP contribution in [0.3, 0.4) is 0 Å². The quantitative estimate of drug-likeness (QED) is 0.634. The number of nitrogens with zero attached hydrogens (tertiary/aromatic N) is 2. The van der Waals surface area contributed by atoms with Gasteiger partial charge in [0.1, 0.15) is 11.4 Å². The number of nitro groups is 1. The molecule has 2 rings (SSSR count). The lowest BCUT2D eigenvalue weighted by atomic mass is 10.1. The molecule has 8 nitrogen and oxygen atoms in total. The number of primary amides is 1. The lowest BCUT2D eigenvalue weighted by Gasteiger charge is -2.16. The van der Waals surface area contributed by atoms with E-state index in [1.807, 2.05) is 0 Å². The van der Waals surface area contributed by atoms with Crippen LogP contribution in [0.15, 0.2) is 18.2 Å². The summed E-state index contributed by atoms with van der Waals surface area (Å²) in [6.07, 6.45) is -0.0292. The topological polar surface area (TPSA) is 116 Å². The summed E-state index contributed by atoms with van der Waals surface area (Å²) in [6.45, 7) is 0.0569. The summed E-state index contributed by atoms with van der Waals surface area (Å²) in [5, 5.41) is 11.1. The van der Waals surface area contributed by atoms with Crippen LogP contribution in [0, 0.1) is 16.0 Å². The van der Waals surface area contributed by atoms with Gasteiger partial charge < -0.3 is 15.4 Å². The van der Waals surface area contributed by atoms with E-state index < -0.39 is 16.7 Å². The van der Waals surface area contributed by atoms with Crippen LogP contribution in [0.2, 0.25) is 0 Å². The third-order valence-electron chi connectivity index (χ3n) is 3.20. The molecule has 1 fully saturated rings. The van der Waals surface area contributed by atoms with Gasteiger partial charge in [-0.2, -0.15) is 0 Å². The Hall–Kier alpha value is -2.64. The first kappa shape index (κ1) is 13.8. The smallest absolute Gasteiger partial charge is 0.296 e. The van der Waals surface area contributed by atoms with Crippen molar-refractivity contribution >= 4 is 23.2 Å². The Balaban J connectivity index is 2.40. The van der Waals surface area contributed by atoms with Crippen molar-refractivity contribution in [1.29, 1.82) is 0 Å².